The smallest absolute Gasteiger partial charge is 0.219 e. The summed E-state index contributed by atoms with van der Waals surface area (Å²) in [6.07, 6.45) is 3.23. The van der Waals surface area contributed by atoms with Gasteiger partial charge in [0.05, 0.1) is 6.54 Å². The van der Waals surface area contributed by atoms with Gasteiger partial charge in [-0.15, -0.1) is 0 Å². The van der Waals surface area contributed by atoms with Crippen LogP contribution in [0, 0.1) is 5.92 Å². The van der Waals surface area contributed by atoms with Crippen LogP contribution in [0.2, 0.25) is 0 Å². The van der Waals surface area contributed by atoms with Gasteiger partial charge in [0.15, 0.2) is 0 Å². The summed E-state index contributed by atoms with van der Waals surface area (Å²) in [5.74, 6) is 1.34. The van der Waals surface area contributed by atoms with E-state index < -0.39 is 6.23 Å². The number of amides is 1. The summed E-state index contributed by atoms with van der Waals surface area (Å²) < 4.78 is 0. The number of aliphatic hydroxyl groups excluding tert-OH is 1. The molecule has 4 heteroatoms. The average molecular weight is 286 g/mol. The molecule has 0 saturated heterocycles. The van der Waals surface area contributed by atoms with Gasteiger partial charge in [-0.3, -0.25) is 4.79 Å². The normalized spacial score (nSPS) is 30.7. The Hall–Kier alpha value is -1.55. The van der Waals surface area contributed by atoms with Crippen LogP contribution in [0.4, 0.5) is 5.69 Å². The maximum atomic E-state index is 11.8. The number of carbonyl (C=O) groups is 1. The Morgan fingerprint density at radius 3 is 2.95 bits per heavy atom. The zero-order valence-corrected chi connectivity index (χ0v) is 12.5. The van der Waals surface area contributed by atoms with Gasteiger partial charge in [-0.1, -0.05) is 24.6 Å². The molecule has 0 radical (unpaired) electrons. The van der Waals surface area contributed by atoms with Crippen LogP contribution in [0.3, 0.4) is 0 Å². The van der Waals surface area contributed by atoms with Crippen molar-refractivity contribution in [3.05, 3.63) is 29.3 Å². The molecular weight excluding hydrogens is 264 g/mol. The molecule has 1 aliphatic carbocycles. The minimum Gasteiger partial charge on any atom is -0.372 e. The second-order valence-corrected chi connectivity index (χ2v) is 6.68. The fraction of sp³-hybridized carbons (Fsp3) is 0.588. The highest BCUT2D eigenvalue weighted by Gasteiger charge is 2.41. The quantitative estimate of drug-likeness (QED) is 0.794. The second-order valence-electron chi connectivity index (χ2n) is 6.68. The van der Waals surface area contributed by atoms with E-state index in [4.69, 9.17) is 0 Å². The van der Waals surface area contributed by atoms with E-state index in [1.54, 1.807) is 11.8 Å². The number of fused-ring (bicyclic) bond motifs is 2. The molecule has 1 aromatic carbocycles. The van der Waals surface area contributed by atoms with Crippen molar-refractivity contribution in [2.45, 2.75) is 44.9 Å². The molecule has 0 spiro atoms. The van der Waals surface area contributed by atoms with E-state index in [1.807, 2.05) is 0 Å². The lowest BCUT2D eigenvalue weighted by molar-refractivity contribution is -0.130. The van der Waals surface area contributed by atoms with E-state index in [2.05, 4.69) is 23.1 Å². The number of hydrogen-bond acceptors (Lipinski definition) is 3. The number of nitrogens with zero attached hydrogens (tertiary/aromatic N) is 2. The number of anilines is 1. The molecule has 112 valence electrons. The first-order valence-electron chi connectivity index (χ1n) is 7.97. The Balaban J connectivity index is 1.84. The van der Waals surface area contributed by atoms with Crippen molar-refractivity contribution in [1.82, 2.24) is 4.90 Å². The van der Waals surface area contributed by atoms with E-state index in [9.17, 15) is 9.90 Å². The molecule has 1 fully saturated rings. The molecule has 4 nitrogen and oxygen atoms in total. The van der Waals surface area contributed by atoms with Crippen molar-refractivity contribution in [3.8, 4) is 0 Å². The molecule has 0 aromatic heterocycles. The van der Waals surface area contributed by atoms with Gasteiger partial charge in [0.25, 0.3) is 0 Å². The number of para-hydroxylation sites is 1. The third kappa shape index (κ3) is 1.96. The van der Waals surface area contributed by atoms with Gasteiger partial charge in [-0.05, 0) is 35.8 Å². The first kappa shape index (κ1) is 13.1. The molecule has 4 rings (SSSR count). The molecule has 1 amide bonds. The third-order valence-electron chi connectivity index (χ3n) is 5.48. The van der Waals surface area contributed by atoms with Crippen LogP contribution in [-0.2, 0) is 11.3 Å². The SMILES string of the molecule is CC(=O)N1Cc2cccc3c2N(C[C@@H]2CCC[C@H]32)C(O)C1. The molecule has 1 saturated carbocycles. The average Bonchev–Trinajstić information content (AvgIpc) is 2.88. The molecule has 3 aliphatic rings. The Labute approximate surface area is 125 Å². The second kappa shape index (κ2) is 4.73. The summed E-state index contributed by atoms with van der Waals surface area (Å²) in [4.78, 5) is 15.7. The number of carbonyl (C=O) groups excluding carboxylic acids is 1. The summed E-state index contributed by atoms with van der Waals surface area (Å²) in [5, 5.41) is 10.6. The zero-order chi connectivity index (χ0) is 14.6. The number of β-amino-alcohol motifs (C(OH)–C–C–N with tert-alkyl or cyclic N) is 1. The van der Waals surface area contributed by atoms with E-state index in [-0.39, 0.29) is 5.91 Å². The lowest BCUT2D eigenvalue weighted by Crippen LogP contribution is -2.47. The van der Waals surface area contributed by atoms with Crippen LogP contribution in [-0.4, -0.2) is 35.2 Å². The molecule has 21 heavy (non-hydrogen) atoms. The van der Waals surface area contributed by atoms with Crippen LogP contribution >= 0.6 is 0 Å². The van der Waals surface area contributed by atoms with Crippen LogP contribution in [0.15, 0.2) is 18.2 Å². The molecule has 1 aromatic rings. The van der Waals surface area contributed by atoms with Crippen LogP contribution in [0.25, 0.3) is 0 Å². The molecule has 2 aliphatic heterocycles. The van der Waals surface area contributed by atoms with Crippen LogP contribution in [0.5, 0.6) is 0 Å². The van der Waals surface area contributed by atoms with Crippen molar-refractivity contribution in [3.63, 3.8) is 0 Å². The van der Waals surface area contributed by atoms with E-state index >= 15 is 0 Å². The summed E-state index contributed by atoms with van der Waals surface area (Å²) >= 11 is 0. The molecular formula is C17H22N2O2. The lowest BCUT2D eigenvalue weighted by Gasteiger charge is -2.41. The monoisotopic (exact) mass is 286 g/mol. The topological polar surface area (TPSA) is 43.8 Å². The fourth-order valence-corrected chi connectivity index (χ4v) is 4.47. The Morgan fingerprint density at radius 1 is 1.29 bits per heavy atom. The minimum atomic E-state index is -0.585. The maximum Gasteiger partial charge on any atom is 0.219 e. The lowest BCUT2D eigenvalue weighted by atomic mass is 9.82. The van der Waals surface area contributed by atoms with Gasteiger partial charge >= 0.3 is 0 Å². The summed E-state index contributed by atoms with van der Waals surface area (Å²) in [5.41, 5.74) is 3.78. The summed E-state index contributed by atoms with van der Waals surface area (Å²) in [6, 6.07) is 6.45. The number of aliphatic hydroxyl groups is 1. The minimum absolute atomic E-state index is 0.0340. The largest absolute Gasteiger partial charge is 0.372 e. The number of hydrogen-bond donors (Lipinski definition) is 1. The van der Waals surface area contributed by atoms with Gasteiger partial charge in [-0.2, -0.15) is 0 Å². The van der Waals surface area contributed by atoms with Crippen molar-refractivity contribution >= 4 is 11.6 Å². The molecule has 3 atom stereocenters. The fourth-order valence-electron chi connectivity index (χ4n) is 4.47. The molecule has 1 N–H and O–H groups in total. The van der Waals surface area contributed by atoms with E-state index in [1.165, 1.54) is 36.1 Å². The van der Waals surface area contributed by atoms with E-state index in [0.717, 1.165) is 6.54 Å². The summed E-state index contributed by atoms with van der Waals surface area (Å²) in [6.45, 7) is 3.53. The highest BCUT2D eigenvalue weighted by Crippen LogP contribution is 2.49. The highest BCUT2D eigenvalue weighted by molar-refractivity contribution is 5.75. The third-order valence-corrected chi connectivity index (χ3v) is 5.48. The van der Waals surface area contributed by atoms with Crippen molar-refractivity contribution in [2.75, 3.05) is 18.0 Å². The van der Waals surface area contributed by atoms with Gasteiger partial charge in [0, 0.05) is 25.7 Å². The molecule has 2 heterocycles. The Bertz CT molecular complexity index is 586. The van der Waals surface area contributed by atoms with Crippen molar-refractivity contribution in [1.29, 1.82) is 0 Å². The maximum absolute atomic E-state index is 11.8. The van der Waals surface area contributed by atoms with Gasteiger partial charge in [0.2, 0.25) is 5.91 Å². The number of benzene rings is 1. The van der Waals surface area contributed by atoms with Crippen LogP contribution < -0.4 is 4.90 Å². The zero-order valence-electron chi connectivity index (χ0n) is 12.5. The molecule has 0 bridgehead atoms. The molecule has 1 unspecified atom stereocenters. The first-order valence-corrected chi connectivity index (χ1v) is 7.97. The van der Waals surface area contributed by atoms with Gasteiger partial charge < -0.3 is 14.9 Å². The summed E-state index contributed by atoms with van der Waals surface area (Å²) in [7, 11) is 0. The number of rotatable bonds is 0. The predicted molar refractivity (Wildman–Crippen MR) is 81.0 cm³/mol. The highest BCUT2D eigenvalue weighted by atomic mass is 16.3. The van der Waals surface area contributed by atoms with Crippen molar-refractivity contribution in [2.24, 2.45) is 5.92 Å². The van der Waals surface area contributed by atoms with Crippen LogP contribution in [0.1, 0.15) is 43.2 Å². The van der Waals surface area contributed by atoms with E-state index in [0.29, 0.717) is 24.9 Å². The first-order chi connectivity index (χ1) is 10.1. The predicted octanol–water partition coefficient (Wildman–Crippen LogP) is 2.07. The van der Waals surface area contributed by atoms with Gasteiger partial charge in [0.1, 0.15) is 6.23 Å². The van der Waals surface area contributed by atoms with Crippen molar-refractivity contribution < 1.29 is 9.90 Å². The Kier molecular flexibility index (Phi) is 2.96. The Morgan fingerprint density at radius 2 is 2.14 bits per heavy atom. The standard InChI is InChI=1S/C17H22N2O2/c1-11(20)18-8-13-5-3-7-15-14-6-2-4-12(14)9-19(17(13)15)16(21)10-18/h3,5,7,12,14,16,21H,2,4,6,8-10H2,1H3/t12-,14-,16?/m0/s1. The van der Waals surface area contributed by atoms with Gasteiger partial charge in [-0.25, -0.2) is 0 Å².